The number of nitrogens with one attached hydrogen (secondary N) is 1. The molecule has 0 bridgehead atoms. The molecule has 0 saturated carbocycles. The molecule has 4 rings (SSSR count). The van der Waals surface area contributed by atoms with Gasteiger partial charge in [-0.25, -0.2) is 0 Å². The molecular formula is C28H37N5O4. The Labute approximate surface area is 218 Å². The number of hydrogen-bond donors (Lipinski definition) is 3. The summed E-state index contributed by atoms with van der Waals surface area (Å²) >= 11 is 0. The van der Waals surface area contributed by atoms with E-state index in [0.29, 0.717) is 18.7 Å². The normalized spacial score (nSPS) is 17.0. The van der Waals surface area contributed by atoms with E-state index in [2.05, 4.69) is 26.3 Å². The van der Waals surface area contributed by atoms with E-state index >= 15 is 0 Å². The molecule has 1 amide bonds. The number of carbonyl (C=O) groups excluding carboxylic acids is 1. The quantitative estimate of drug-likeness (QED) is 0.409. The van der Waals surface area contributed by atoms with E-state index in [0.717, 1.165) is 46.8 Å². The van der Waals surface area contributed by atoms with Gasteiger partial charge in [0, 0.05) is 56.2 Å². The van der Waals surface area contributed by atoms with Crippen LogP contribution in [0.1, 0.15) is 34.5 Å². The molecule has 0 aliphatic carbocycles. The molecule has 1 aliphatic heterocycles. The van der Waals surface area contributed by atoms with E-state index in [1.807, 2.05) is 63.6 Å². The summed E-state index contributed by atoms with van der Waals surface area (Å²) in [6.07, 6.45) is 3.75. The average molecular weight is 508 g/mol. The van der Waals surface area contributed by atoms with E-state index in [-0.39, 0.29) is 31.2 Å². The van der Waals surface area contributed by atoms with Crippen molar-refractivity contribution in [2.24, 2.45) is 7.05 Å². The number of anilines is 1. The van der Waals surface area contributed by atoms with Gasteiger partial charge in [0.1, 0.15) is 5.75 Å². The van der Waals surface area contributed by atoms with E-state index < -0.39 is 0 Å². The monoisotopic (exact) mass is 507 g/mol. The third-order valence-corrected chi connectivity index (χ3v) is 7.08. The van der Waals surface area contributed by atoms with Gasteiger partial charge in [0.05, 0.1) is 38.6 Å². The smallest absolute Gasteiger partial charge is 0.252 e. The summed E-state index contributed by atoms with van der Waals surface area (Å²) in [7, 11) is 3.51. The number of rotatable bonds is 9. The molecule has 0 radical (unpaired) electrons. The van der Waals surface area contributed by atoms with Gasteiger partial charge in [0.2, 0.25) is 0 Å². The van der Waals surface area contributed by atoms with Crippen LogP contribution in [0.5, 0.6) is 5.75 Å². The van der Waals surface area contributed by atoms with Crippen LogP contribution < -0.4 is 15.0 Å². The fraction of sp³-hybridized carbons (Fsp3) is 0.429. The van der Waals surface area contributed by atoms with Crippen LogP contribution in [0, 0.1) is 6.92 Å². The summed E-state index contributed by atoms with van der Waals surface area (Å²) in [5.41, 5.74) is 5.35. The lowest BCUT2D eigenvalue weighted by Crippen LogP contribution is -2.55. The van der Waals surface area contributed by atoms with Crippen LogP contribution >= 0.6 is 0 Å². The molecule has 1 saturated heterocycles. The number of ether oxygens (including phenoxy) is 1. The highest BCUT2D eigenvalue weighted by atomic mass is 16.5. The zero-order valence-electron chi connectivity index (χ0n) is 22.0. The number of aromatic nitrogens is 2. The molecule has 1 aromatic heterocycles. The number of piperazine rings is 1. The van der Waals surface area contributed by atoms with Gasteiger partial charge in [-0.15, -0.1) is 0 Å². The summed E-state index contributed by atoms with van der Waals surface area (Å²) in [6.45, 7) is 6.68. The van der Waals surface area contributed by atoms with Crippen molar-refractivity contribution in [2.45, 2.75) is 25.9 Å². The number of amides is 1. The Kier molecular flexibility index (Phi) is 8.48. The fourth-order valence-corrected chi connectivity index (χ4v) is 4.86. The first kappa shape index (κ1) is 26.7. The van der Waals surface area contributed by atoms with Crippen LogP contribution in [0.15, 0.2) is 48.8 Å². The SMILES string of the molecule is COc1cc(-c2cnn(C)c2)cc([C@@H](C)NC(=O)c2cc(N3CCN(CCO)C(CO)C3)ccc2C)c1. The fourth-order valence-electron chi connectivity index (χ4n) is 4.86. The van der Waals surface area contributed by atoms with Crippen LogP contribution in [0.25, 0.3) is 11.1 Å². The number of nitrogens with zero attached hydrogens (tertiary/aromatic N) is 4. The van der Waals surface area contributed by atoms with Crippen LogP contribution in [-0.2, 0) is 7.05 Å². The van der Waals surface area contributed by atoms with Gasteiger partial charge >= 0.3 is 0 Å². The highest BCUT2D eigenvalue weighted by molar-refractivity contribution is 5.97. The maximum atomic E-state index is 13.4. The number of aliphatic hydroxyl groups is 2. The van der Waals surface area contributed by atoms with Crippen molar-refractivity contribution in [1.29, 1.82) is 0 Å². The molecule has 37 heavy (non-hydrogen) atoms. The van der Waals surface area contributed by atoms with E-state index in [4.69, 9.17) is 4.74 Å². The van der Waals surface area contributed by atoms with Crippen molar-refractivity contribution in [2.75, 3.05) is 51.4 Å². The first-order valence-corrected chi connectivity index (χ1v) is 12.6. The molecule has 9 nitrogen and oxygen atoms in total. The number of β-amino-alcohol motifs (C(OH)–C–C–N with tert-alkyl or cyclic N) is 1. The van der Waals surface area contributed by atoms with Crippen molar-refractivity contribution in [3.8, 4) is 16.9 Å². The molecule has 2 heterocycles. The van der Waals surface area contributed by atoms with E-state index in [1.54, 1.807) is 11.8 Å². The van der Waals surface area contributed by atoms with Crippen LogP contribution in [-0.4, -0.2) is 83.3 Å². The second kappa shape index (κ2) is 11.8. The summed E-state index contributed by atoms with van der Waals surface area (Å²) in [4.78, 5) is 17.7. The van der Waals surface area contributed by atoms with E-state index in [1.165, 1.54) is 0 Å². The Hall–Kier alpha value is -3.40. The molecule has 3 N–H and O–H groups in total. The van der Waals surface area contributed by atoms with Gasteiger partial charge in [-0.2, -0.15) is 5.10 Å². The number of methoxy groups -OCH3 is 1. The van der Waals surface area contributed by atoms with Crippen molar-refractivity contribution < 1.29 is 19.7 Å². The molecule has 1 fully saturated rings. The lowest BCUT2D eigenvalue weighted by atomic mass is 10.0. The van der Waals surface area contributed by atoms with Gasteiger partial charge in [-0.05, 0) is 60.9 Å². The number of hydrogen-bond acceptors (Lipinski definition) is 7. The highest BCUT2D eigenvalue weighted by Crippen LogP contribution is 2.29. The van der Waals surface area contributed by atoms with Crippen LogP contribution in [0.2, 0.25) is 0 Å². The Morgan fingerprint density at radius 1 is 1.19 bits per heavy atom. The van der Waals surface area contributed by atoms with Crippen molar-refractivity contribution in [3.05, 3.63) is 65.5 Å². The molecular weight excluding hydrogens is 470 g/mol. The summed E-state index contributed by atoms with van der Waals surface area (Å²) in [5.74, 6) is 0.574. The maximum Gasteiger partial charge on any atom is 0.252 e. The van der Waals surface area contributed by atoms with Crippen molar-refractivity contribution in [3.63, 3.8) is 0 Å². The Morgan fingerprint density at radius 2 is 2.00 bits per heavy atom. The predicted molar refractivity (Wildman–Crippen MR) is 144 cm³/mol. The maximum absolute atomic E-state index is 13.4. The molecule has 198 valence electrons. The van der Waals surface area contributed by atoms with Gasteiger partial charge in [0.15, 0.2) is 0 Å². The molecule has 1 unspecified atom stereocenters. The first-order chi connectivity index (χ1) is 17.8. The average Bonchev–Trinajstić information content (AvgIpc) is 3.35. The van der Waals surface area contributed by atoms with Gasteiger partial charge in [-0.1, -0.05) is 6.07 Å². The Balaban J connectivity index is 1.52. The van der Waals surface area contributed by atoms with Crippen LogP contribution in [0.4, 0.5) is 5.69 Å². The zero-order chi connectivity index (χ0) is 26.5. The summed E-state index contributed by atoms with van der Waals surface area (Å²) in [5, 5.41) is 26.6. The third kappa shape index (κ3) is 6.12. The highest BCUT2D eigenvalue weighted by Gasteiger charge is 2.27. The minimum Gasteiger partial charge on any atom is -0.497 e. The Morgan fingerprint density at radius 3 is 2.68 bits per heavy atom. The Bertz CT molecular complexity index is 1230. The number of carbonyl (C=O) groups is 1. The molecule has 2 aromatic carbocycles. The third-order valence-electron chi connectivity index (χ3n) is 7.08. The number of benzene rings is 2. The first-order valence-electron chi connectivity index (χ1n) is 12.6. The standard InChI is InChI=1S/C28H37N5O4/c1-19-5-6-24(33-8-7-32(9-10-34)25(17-33)18-35)14-27(19)28(36)30-20(2)21-11-22(13-26(12-21)37-4)23-15-29-31(3)16-23/h5-6,11-16,20,25,34-35H,7-10,17-18H2,1-4H3,(H,30,36)/t20-,25?/m1/s1. The van der Waals surface area contributed by atoms with Crippen molar-refractivity contribution in [1.82, 2.24) is 20.0 Å². The summed E-state index contributed by atoms with van der Waals surface area (Å²) in [6, 6.07) is 11.6. The molecule has 3 aromatic rings. The molecule has 2 atom stereocenters. The number of aliphatic hydroxyl groups excluding tert-OH is 2. The summed E-state index contributed by atoms with van der Waals surface area (Å²) < 4.78 is 7.28. The predicted octanol–water partition coefficient (Wildman–Crippen LogP) is 2.37. The second-order valence-corrected chi connectivity index (χ2v) is 9.63. The lowest BCUT2D eigenvalue weighted by molar-refractivity contribution is 0.0917. The minimum absolute atomic E-state index is 0.0226. The molecule has 0 spiro atoms. The second-order valence-electron chi connectivity index (χ2n) is 9.63. The van der Waals surface area contributed by atoms with Gasteiger partial charge in [-0.3, -0.25) is 14.4 Å². The van der Waals surface area contributed by atoms with Gasteiger partial charge < -0.3 is 25.2 Å². The lowest BCUT2D eigenvalue weighted by Gasteiger charge is -2.41. The molecule has 1 aliphatic rings. The van der Waals surface area contributed by atoms with Crippen LogP contribution in [0.3, 0.4) is 0 Å². The molecule has 9 heteroatoms. The number of aryl methyl sites for hydroxylation is 2. The van der Waals surface area contributed by atoms with E-state index in [9.17, 15) is 15.0 Å². The largest absolute Gasteiger partial charge is 0.497 e. The zero-order valence-corrected chi connectivity index (χ0v) is 22.0. The minimum atomic E-state index is -0.248. The van der Waals surface area contributed by atoms with Crippen molar-refractivity contribution >= 4 is 11.6 Å². The van der Waals surface area contributed by atoms with Gasteiger partial charge in [0.25, 0.3) is 5.91 Å². The topological polar surface area (TPSA) is 103 Å².